The molecule has 2 rings (SSSR count). The topological polar surface area (TPSA) is 15.3 Å². The average molecular weight is 264 g/mol. The molecule has 1 fully saturated rings. The van der Waals surface area contributed by atoms with Crippen LogP contribution in [-0.2, 0) is 0 Å². The van der Waals surface area contributed by atoms with Crippen molar-refractivity contribution >= 4 is 0 Å². The van der Waals surface area contributed by atoms with Crippen LogP contribution in [0.4, 0.5) is 0 Å². The van der Waals surface area contributed by atoms with Crippen molar-refractivity contribution in [2.24, 2.45) is 0 Å². The van der Waals surface area contributed by atoms with Crippen LogP contribution in [0.25, 0.3) is 0 Å². The van der Waals surface area contributed by atoms with Gasteiger partial charge in [0.15, 0.2) is 0 Å². The Bertz CT molecular complexity index is 283. The lowest BCUT2D eigenvalue weighted by molar-refractivity contribution is 0.230. The summed E-state index contributed by atoms with van der Waals surface area (Å²) in [5.74, 6) is 0. The lowest BCUT2D eigenvalue weighted by atomic mass is 9.95. The van der Waals surface area contributed by atoms with E-state index in [1.54, 1.807) is 11.3 Å². The Labute approximate surface area is 119 Å². The number of hydrogen-bond donors (Lipinski definition) is 1. The minimum atomic E-state index is 1.17. The van der Waals surface area contributed by atoms with Gasteiger partial charge in [-0.25, -0.2) is 5.43 Å². The summed E-state index contributed by atoms with van der Waals surface area (Å²) in [6.07, 6.45) is 16.6. The Kier molecular flexibility index (Phi) is 6.77. The van der Waals surface area contributed by atoms with Gasteiger partial charge in [0.2, 0.25) is 0 Å². The van der Waals surface area contributed by atoms with Crippen LogP contribution in [-0.4, -0.2) is 18.1 Å². The van der Waals surface area contributed by atoms with Crippen molar-refractivity contribution < 1.29 is 0 Å². The second kappa shape index (κ2) is 8.63. The molecule has 0 bridgehead atoms. The predicted octanol–water partition coefficient (Wildman–Crippen LogP) is 4.78. The van der Waals surface area contributed by atoms with Gasteiger partial charge in [0.05, 0.1) is 0 Å². The quantitative estimate of drug-likeness (QED) is 0.666. The highest BCUT2D eigenvalue weighted by Crippen LogP contribution is 2.29. The van der Waals surface area contributed by atoms with Crippen molar-refractivity contribution in [2.75, 3.05) is 13.1 Å². The van der Waals surface area contributed by atoms with Crippen LogP contribution in [0.2, 0.25) is 0 Å². The molecule has 19 heavy (non-hydrogen) atoms. The average Bonchev–Trinajstić information content (AvgIpc) is 2.68. The number of rotatable bonds is 7. The second-order valence-electron chi connectivity index (χ2n) is 6.19. The summed E-state index contributed by atoms with van der Waals surface area (Å²) in [6.45, 7) is 4.70. The number of nitrogens with one attached hydrogen (secondary N) is 1. The lowest BCUT2D eigenvalue weighted by Gasteiger charge is -2.33. The van der Waals surface area contributed by atoms with Crippen LogP contribution in [0.5, 0.6) is 0 Å². The standard InChI is InChI=1S/C17H32N2/c1-2-3-4-5-6-7-11-16-12-10-15-19-17(16)13-8-9-14-18-19/h18H,2-15H2,1H3. The molecule has 1 N–H and O–H groups in total. The molecule has 2 heterocycles. The van der Waals surface area contributed by atoms with Crippen LogP contribution in [0.15, 0.2) is 11.3 Å². The maximum absolute atomic E-state index is 3.61. The maximum Gasteiger partial charge on any atom is 0.0343 e. The van der Waals surface area contributed by atoms with Crippen LogP contribution >= 0.6 is 0 Å². The van der Waals surface area contributed by atoms with Crippen molar-refractivity contribution in [2.45, 2.75) is 84.0 Å². The molecule has 0 aromatic carbocycles. The molecule has 0 spiro atoms. The number of hydrogen-bond acceptors (Lipinski definition) is 2. The fraction of sp³-hybridized carbons (Fsp3) is 0.882. The molecule has 0 radical (unpaired) electrons. The molecule has 1 saturated heterocycles. The van der Waals surface area contributed by atoms with Gasteiger partial charge in [-0.15, -0.1) is 0 Å². The molecule has 110 valence electrons. The molecule has 0 aromatic rings. The molecule has 0 saturated carbocycles. The molecule has 0 aromatic heterocycles. The lowest BCUT2D eigenvalue weighted by Crippen LogP contribution is -2.39. The number of fused-ring (bicyclic) bond motifs is 1. The molecule has 0 aliphatic carbocycles. The zero-order valence-electron chi connectivity index (χ0n) is 12.8. The van der Waals surface area contributed by atoms with Gasteiger partial charge in [0.1, 0.15) is 0 Å². The molecular weight excluding hydrogens is 232 g/mol. The number of allylic oxidation sites excluding steroid dienone is 2. The summed E-state index contributed by atoms with van der Waals surface area (Å²) < 4.78 is 0. The largest absolute Gasteiger partial charge is 0.313 e. The fourth-order valence-electron chi connectivity index (χ4n) is 3.43. The molecule has 2 aliphatic heterocycles. The van der Waals surface area contributed by atoms with Gasteiger partial charge in [0, 0.05) is 18.8 Å². The van der Waals surface area contributed by atoms with E-state index in [2.05, 4.69) is 17.4 Å². The zero-order chi connectivity index (χ0) is 13.3. The van der Waals surface area contributed by atoms with Crippen molar-refractivity contribution in [3.63, 3.8) is 0 Å². The Balaban J connectivity index is 1.76. The first-order valence-corrected chi connectivity index (χ1v) is 8.63. The summed E-state index contributed by atoms with van der Waals surface area (Å²) >= 11 is 0. The SMILES string of the molecule is CCCCCCCCC1=C2CCCCNN2CCC1. The van der Waals surface area contributed by atoms with Crippen molar-refractivity contribution in [1.29, 1.82) is 0 Å². The molecule has 2 aliphatic rings. The first-order valence-electron chi connectivity index (χ1n) is 8.63. The second-order valence-corrected chi connectivity index (χ2v) is 6.19. The van der Waals surface area contributed by atoms with Crippen LogP contribution in [0.1, 0.15) is 84.0 Å². The van der Waals surface area contributed by atoms with E-state index in [1.807, 2.05) is 0 Å². The third-order valence-electron chi connectivity index (χ3n) is 4.57. The van der Waals surface area contributed by atoms with E-state index >= 15 is 0 Å². The number of nitrogens with zero attached hydrogens (tertiary/aromatic N) is 1. The fourth-order valence-corrected chi connectivity index (χ4v) is 3.43. The van der Waals surface area contributed by atoms with E-state index in [1.165, 1.54) is 90.1 Å². The van der Waals surface area contributed by atoms with Gasteiger partial charge in [0.25, 0.3) is 0 Å². The highest BCUT2D eigenvalue weighted by Gasteiger charge is 2.20. The van der Waals surface area contributed by atoms with Crippen molar-refractivity contribution in [1.82, 2.24) is 10.4 Å². The number of hydrazine groups is 1. The van der Waals surface area contributed by atoms with E-state index < -0.39 is 0 Å². The number of unbranched alkanes of at least 4 members (excludes halogenated alkanes) is 5. The summed E-state index contributed by atoms with van der Waals surface area (Å²) in [5, 5.41) is 2.48. The summed E-state index contributed by atoms with van der Waals surface area (Å²) in [6, 6.07) is 0. The first-order chi connectivity index (χ1) is 9.42. The van der Waals surface area contributed by atoms with E-state index in [9.17, 15) is 0 Å². The normalized spacial score (nSPS) is 20.4. The Morgan fingerprint density at radius 1 is 0.947 bits per heavy atom. The highest BCUT2D eigenvalue weighted by atomic mass is 15.5. The van der Waals surface area contributed by atoms with Gasteiger partial charge < -0.3 is 5.01 Å². The summed E-state index contributed by atoms with van der Waals surface area (Å²) in [5.41, 5.74) is 7.05. The third-order valence-corrected chi connectivity index (χ3v) is 4.57. The van der Waals surface area contributed by atoms with E-state index in [-0.39, 0.29) is 0 Å². The van der Waals surface area contributed by atoms with Crippen LogP contribution < -0.4 is 5.43 Å². The van der Waals surface area contributed by atoms with Gasteiger partial charge in [-0.1, -0.05) is 39.0 Å². The summed E-state index contributed by atoms with van der Waals surface area (Å²) in [4.78, 5) is 0. The molecule has 2 nitrogen and oxygen atoms in total. The zero-order valence-corrected chi connectivity index (χ0v) is 12.8. The molecule has 0 atom stereocenters. The third kappa shape index (κ3) is 4.83. The van der Waals surface area contributed by atoms with Crippen LogP contribution in [0, 0.1) is 0 Å². The van der Waals surface area contributed by atoms with Crippen molar-refractivity contribution in [3.05, 3.63) is 11.3 Å². The Morgan fingerprint density at radius 3 is 2.68 bits per heavy atom. The highest BCUT2D eigenvalue weighted by molar-refractivity contribution is 5.16. The molecular formula is C17H32N2. The smallest absolute Gasteiger partial charge is 0.0343 e. The van der Waals surface area contributed by atoms with E-state index in [4.69, 9.17) is 0 Å². The van der Waals surface area contributed by atoms with Crippen LogP contribution in [0.3, 0.4) is 0 Å². The van der Waals surface area contributed by atoms with Gasteiger partial charge in [-0.05, 0) is 50.5 Å². The minimum absolute atomic E-state index is 1.17. The molecule has 2 heteroatoms. The van der Waals surface area contributed by atoms with Gasteiger partial charge in [-0.3, -0.25) is 0 Å². The first kappa shape index (κ1) is 14.9. The Morgan fingerprint density at radius 2 is 1.79 bits per heavy atom. The summed E-state index contributed by atoms with van der Waals surface area (Å²) in [7, 11) is 0. The van der Waals surface area contributed by atoms with E-state index in [0.29, 0.717) is 0 Å². The Hall–Kier alpha value is -0.500. The predicted molar refractivity (Wildman–Crippen MR) is 82.8 cm³/mol. The van der Waals surface area contributed by atoms with Crippen molar-refractivity contribution in [3.8, 4) is 0 Å². The monoisotopic (exact) mass is 264 g/mol. The van der Waals surface area contributed by atoms with Gasteiger partial charge >= 0.3 is 0 Å². The van der Waals surface area contributed by atoms with Gasteiger partial charge in [-0.2, -0.15) is 0 Å². The van der Waals surface area contributed by atoms with E-state index in [0.717, 1.165) is 0 Å². The maximum atomic E-state index is 3.61. The molecule has 0 amide bonds. The molecule has 0 unspecified atom stereocenters. The minimum Gasteiger partial charge on any atom is -0.313 e.